The first kappa shape index (κ1) is 10.1. The van der Waals surface area contributed by atoms with Gasteiger partial charge >= 0.3 is 0 Å². The SMILES string of the molecule is NCC(O)Cc1ccc2cccnc2c1. The van der Waals surface area contributed by atoms with Crippen LogP contribution in [0.2, 0.25) is 0 Å². The minimum atomic E-state index is -0.467. The molecule has 1 aromatic carbocycles. The second-order valence-electron chi connectivity index (χ2n) is 3.62. The van der Waals surface area contributed by atoms with Crippen molar-refractivity contribution in [3.05, 3.63) is 42.1 Å². The lowest BCUT2D eigenvalue weighted by Gasteiger charge is -2.07. The summed E-state index contributed by atoms with van der Waals surface area (Å²) in [7, 11) is 0. The van der Waals surface area contributed by atoms with Crippen molar-refractivity contribution in [2.45, 2.75) is 12.5 Å². The molecule has 0 amide bonds. The molecular formula is C12H14N2O. The van der Waals surface area contributed by atoms with Crippen molar-refractivity contribution in [1.82, 2.24) is 4.98 Å². The predicted molar refractivity (Wildman–Crippen MR) is 60.5 cm³/mol. The molecule has 1 atom stereocenters. The van der Waals surface area contributed by atoms with Gasteiger partial charge in [-0.15, -0.1) is 0 Å². The standard InChI is InChI=1S/C12H14N2O/c13-8-11(15)6-9-3-4-10-2-1-5-14-12(10)7-9/h1-5,7,11,15H,6,8,13H2. The zero-order valence-electron chi connectivity index (χ0n) is 8.43. The number of hydrogen-bond donors (Lipinski definition) is 2. The van der Waals surface area contributed by atoms with Gasteiger partial charge in [-0.25, -0.2) is 0 Å². The highest BCUT2D eigenvalue weighted by atomic mass is 16.3. The van der Waals surface area contributed by atoms with Crippen molar-refractivity contribution in [3.63, 3.8) is 0 Å². The van der Waals surface area contributed by atoms with Gasteiger partial charge in [0.1, 0.15) is 0 Å². The van der Waals surface area contributed by atoms with Crippen molar-refractivity contribution < 1.29 is 5.11 Å². The van der Waals surface area contributed by atoms with Crippen LogP contribution in [0, 0.1) is 0 Å². The summed E-state index contributed by atoms with van der Waals surface area (Å²) in [4.78, 5) is 4.26. The van der Waals surface area contributed by atoms with E-state index in [1.807, 2.05) is 30.3 Å². The first-order valence-electron chi connectivity index (χ1n) is 5.01. The minimum absolute atomic E-state index is 0.292. The van der Waals surface area contributed by atoms with Crippen LogP contribution in [0.4, 0.5) is 0 Å². The summed E-state index contributed by atoms with van der Waals surface area (Å²) < 4.78 is 0. The molecule has 78 valence electrons. The molecular weight excluding hydrogens is 188 g/mol. The van der Waals surface area contributed by atoms with E-state index in [0.29, 0.717) is 13.0 Å². The molecule has 0 aliphatic heterocycles. The maximum Gasteiger partial charge on any atom is 0.0704 e. The van der Waals surface area contributed by atoms with Gasteiger partial charge in [-0.1, -0.05) is 18.2 Å². The van der Waals surface area contributed by atoms with Crippen LogP contribution in [-0.4, -0.2) is 22.7 Å². The van der Waals surface area contributed by atoms with Crippen LogP contribution < -0.4 is 5.73 Å². The van der Waals surface area contributed by atoms with Gasteiger partial charge in [-0.05, 0) is 24.1 Å². The fourth-order valence-corrected chi connectivity index (χ4v) is 1.59. The van der Waals surface area contributed by atoms with E-state index < -0.39 is 6.10 Å². The van der Waals surface area contributed by atoms with Crippen LogP contribution in [0.15, 0.2) is 36.5 Å². The second kappa shape index (κ2) is 4.38. The largest absolute Gasteiger partial charge is 0.391 e. The van der Waals surface area contributed by atoms with E-state index in [4.69, 9.17) is 5.73 Å². The molecule has 3 heteroatoms. The first-order valence-corrected chi connectivity index (χ1v) is 5.01. The fourth-order valence-electron chi connectivity index (χ4n) is 1.59. The Morgan fingerprint density at radius 1 is 1.33 bits per heavy atom. The Bertz CT molecular complexity index is 456. The van der Waals surface area contributed by atoms with Crippen molar-refractivity contribution in [3.8, 4) is 0 Å². The summed E-state index contributed by atoms with van der Waals surface area (Å²) in [6, 6.07) is 9.94. The molecule has 0 radical (unpaired) electrons. The molecule has 0 saturated carbocycles. The average molecular weight is 202 g/mol. The molecule has 0 saturated heterocycles. The van der Waals surface area contributed by atoms with Crippen molar-refractivity contribution in [2.75, 3.05) is 6.54 Å². The number of rotatable bonds is 3. The molecule has 0 aliphatic rings. The van der Waals surface area contributed by atoms with Gasteiger partial charge in [0, 0.05) is 18.1 Å². The van der Waals surface area contributed by atoms with Gasteiger partial charge in [0.2, 0.25) is 0 Å². The summed E-state index contributed by atoms with van der Waals surface area (Å²) in [6.07, 6.45) is 1.89. The number of benzene rings is 1. The zero-order chi connectivity index (χ0) is 10.7. The maximum absolute atomic E-state index is 9.44. The maximum atomic E-state index is 9.44. The molecule has 3 nitrogen and oxygen atoms in total. The van der Waals surface area contributed by atoms with Crippen LogP contribution in [0.1, 0.15) is 5.56 Å². The van der Waals surface area contributed by atoms with Crippen molar-refractivity contribution in [1.29, 1.82) is 0 Å². The van der Waals surface area contributed by atoms with Gasteiger partial charge < -0.3 is 10.8 Å². The van der Waals surface area contributed by atoms with Gasteiger partial charge in [-0.3, -0.25) is 4.98 Å². The topological polar surface area (TPSA) is 59.1 Å². The van der Waals surface area contributed by atoms with E-state index in [1.54, 1.807) is 6.20 Å². The van der Waals surface area contributed by atoms with Gasteiger partial charge in [0.25, 0.3) is 0 Å². The summed E-state index contributed by atoms with van der Waals surface area (Å²) in [6.45, 7) is 0.292. The Kier molecular flexibility index (Phi) is 2.94. The quantitative estimate of drug-likeness (QED) is 0.783. The van der Waals surface area contributed by atoms with E-state index in [1.165, 1.54) is 0 Å². The van der Waals surface area contributed by atoms with Crippen LogP contribution >= 0.6 is 0 Å². The summed E-state index contributed by atoms with van der Waals surface area (Å²) in [5, 5.41) is 10.6. The monoisotopic (exact) mass is 202 g/mol. The molecule has 0 aliphatic carbocycles. The second-order valence-corrected chi connectivity index (χ2v) is 3.62. The van der Waals surface area contributed by atoms with Crippen LogP contribution in [0.3, 0.4) is 0 Å². The molecule has 0 bridgehead atoms. The number of fused-ring (bicyclic) bond motifs is 1. The minimum Gasteiger partial charge on any atom is -0.391 e. The molecule has 0 spiro atoms. The number of aliphatic hydroxyl groups excluding tert-OH is 1. The molecule has 0 fully saturated rings. The van der Waals surface area contributed by atoms with Gasteiger partial charge in [0.05, 0.1) is 11.6 Å². The highest BCUT2D eigenvalue weighted by Gasteiger charge is 2.03. The molecule has 2 aromatic rings. The Labute approximate surface area is 88.6 Å². The number of pyridine rings is 1. The van der Waals surface area contributed by atoms with Gasteiger partial charge in [0.15, 0.2) is 0 Å². The Morgan fingerprint density at radius 3 is 3.00 bits per heavy atom. The number of aromatic nitrogens is 1. The van der Waals surface area contributed by atoms with E-state index in [2.05, 4.69) is 4.98 Å². The third-order valence-corrected chi connectivity index (χ3v) is 2.41. The molecule has 3 N–H and O–H groups in total. The van der Waals surface area contributed by atoms with Crippen LogP contribution in [0.25, 0.3) is 10.9 Å². The van der Waals surface area contributed by atoms with Gasteiger partial charge in [-0.2, -0.15) is 0 Å². The van der Waals surface area contributed by atoms with Crippen LogP contribution in [-0.2, 0) is 6.42 Å². The lowest BCUT2D eigenvalue weighted by atomic mass is 10.1. The van der Waals surface area contributed by atoms with E-state index >= 15 is 0 Å². The van der Waals surface area contributed by atoms with E-state index in [0.717, 1.165) is 16.5 Å². The molecule has 2 rings (SSSR count). The van der Waals surface area contributed by atoms with Crippen molar-refractivity contribution in [2.24, 2.45) is 5.73 Å². The lowest BCUT2D eigenvalue weighted by molar-refractivity contribution is 0.183. The summed E-state index contributed by atoms with van der Waals surface area (Å²) in [5.41, 5.74) is 7.39. The van der Waals surface area contributed by atoms with Crippen molar-refractivity contribution >= 4 is 10.9 Å². The first-order chi connectivity index (χ1) is 7.29. The molecule has 1 heterocycles. The van der Waals surface area contributed by atoms with Crippen LogP contribution in [0.5, 0.6) is 0 Å². The third-order valence-electron chi connectivity index (χ3n) is 2.41. The highest BCUT2D eigenvalue weighted by Crippen LogP contribution is 2.14. The number of nitrogens with two attached hydrogens (primary N) is 1. The van der Waals surface area contributed by atoms with E-state index in [9.17, 15) is 5.11 Å². The third kappa shape index (κ3) is 2.32. The molecule has 15 heavy (non-hydrogen) atoms. The highest BCUT2D eigenvalue weighted by molar-refractivity contribution is 5.78. The average Bonchev–Trinajstić information content (AvgIpc) is 2.29. The Morgan fingerprint density at radius 2 is 2.20 bits per heavy atom. The number of aliphatic hydroxyl groups is 1. The zero-order valence-corrected chi connectivity index (χ0v) is 8.43. The fraction of sp³-hybridized carbons (Fsp3) is 0.250. The predicted octanol–water partition coefficient (Wildman–Crippen LogP) is 1.10. The number of nitrogens with zero attached hydrogens (tertiary/aromatic N) is 1. The number of hydrogen-bond acceptors (Lipinski definition) is 3. The normalized spacial score (nSPS) is 12.9. The van der Waals surface area contributed by atoms with E-state index in [-0.39, 0.29) is 0 Å². The summed E-state index contributed by atoms with van der Waals surface area (Å²) >= 11 is 0. The summed E-state index contributed by atoms with van der Waals surface area (Å²) in [5.74, 6) is 0. The smallest absolute Gasteiger partial charge is 0.0704 e. The Balaban J connectivity index is 2.30. The lowest BCUT2D eigenvalue weighted by Crippen LogP contribution is -2.21. The Hall–Kier alpha value is -1.45. The molecule has 1 unspecified atom stereocenters. The molecule has 1 aromatic heterocycles.